The van der Waals surface area contributed by atoms with Gasteiger partial charge in [-0.25, -0.2) is 0 Å². The van der Waals surface area contributed by atoms with Crippen molar-refractivity contribution < 1.29 is 34.0 Å². The average Bonchev–Trinajstić information content (AvgIpc) is 2.97. The molecular formula is C26H33N7O8S2. The Morgan fingerprint density at radius 2 is 1.33 bits per heavy atom. The molecule has 0 unspecified atom stereocenters. The van der Waals surface area contributed by atoms with E-state index in [1.165, 1.54) is 36.4 Å². The van der Waals surface area contributed by atoms with Crippen molar-refractivity contribution in [2.24, 2.45) is 11.5 Å². The van der Waals surface area contributed by atoms with Crippen molar-refractivity contribution >= 4 is 60.5 Å². The number of nitro groups is 1. The molecule has 0 fully saturated rings. The Bertz CT molecular complexity index is 1310. The zero-order valence-corrected chi connectivity index (χ0v) is 24.6. The predicted octanol–water partition coefficient (Wildman–Crippen LogP) is -1.67. The molecule has 0 spiro atoms. The van der Waals surface area contributed by atoms with E-state index in [4.69, 9.17) is 11.5 Å². The summed E-state index contributed by atoms with van der Waals surface area (Å²) in [5, 5.41) is 30.0. The van der Waals surface area contributed by atoms with Crippen LogP contribution in [-0.2, 0) is 36.8 Å². The fraction of sp³-hybridized carbons (Fsp3) is 0.346. The fourth-order valence-corrected chi connectivity index (χ4v) is 4.19. The first-order valence-electron chi connectivity index (χ1n) is 12.8. The second-order valence-corrected chi connectivity index (χ2v) is 10.1. The lowest BCUT2D eigenvalue weighted by Gasteiger charge is -2.22. The Morgan fingerprint density at radius 1 is 0.791 bits per heavy atom. The minimum atomic E-state index is -1.26. The molecule has 43 heavy (non-hydrogen) atoms. The Kier molecular flexibility index (Phi) is 13.7. The van der Waals surface area contributed by atoms with E-state index >= 15 is 0 Å². The molecule has 9 N–H and O–H groups in total. The summed E-state index contributed by atoms with van der Waals surface area (Å²) in [6.07, 6.45) is 0.0211. The first-order chi connectivity index (χ1) is 20.3. The van der Waals surface area contributed by atoms with Crippen molar-refractivity contribution in [3.8, 4) is 5.75 Å². The lowest BCUT2D eigenvalue weighted by atomic mass is 10.0. The Morgan fingerprint density at radius 3 is 1.86 bits per heavy atom. The van der Waals surface area contributed by atoms with Crippen LogP contribution in [0.5, 0.6) is 5.75 Å². The molecule has 2 rings (SSSR count). The highest BCUT2D eigenvalue weighted by atomic mass is 32.1. The molecule has 0 bridgehead atoms. The van der Waals surface area contributed by atoms with Gasteiger partial charge in [-0.15, -0.1) is 0 Å². The van der Waals surface area contributed by atoms with E-state index in [-0.39, 0.29) is 35.8 Å². The lowest BCUT2D eigenvalue weighted by molar-refractivity contribution is -0.384. The summed E-state index contributed by atoms with van der Waals surface area (Å²) in [5.74, 6) is -3.96. The normalized spacial score (nSPS) is 13.5. The number of amides is 5. The lowest BCUT2D eigenvalue weighted by Crippen LogP contribution is -2.56. The van der Waals surface area contributed by atoms with Crippen LogP contribution in [0.15, 0.2) is 48.5 Å². The maximum Gasteiger partial charge on any atom is 0.269 e. The fourth-order valence-electron chi connectivity index (χ4n) is 3.67. The highest BCUT2D eigenvalue weighted by Crippen LogP contribution is 2.14. The first-order valence-corrected chi connectivity index (χ1v) is 14.1. The van der Waals surface area contributed by atoms with Crippen molar-refractivity contribution in [3.05, 3.63) is 69.8 Å². The number of nitro benzene ring substituents is 1. The van der Waals surface area contributed by atoms with E-state index in [0.717, 1.165) is 0 Å². The number of carbonyl (C=O) groups excluding carboxylic acids is 5. The third-order valence-electron chi connectivity index (χ3n) is 6.05. The van der Waals surface area contributed by atoms with Gasteiger partial charge < -0.3 is 37.8 Å². The van der Waals surface area contributed by atoms with E-state index in [1.807, 2.05) is 0 Å². The number of primary amides is 1. The number of hydrogen-bond donors (Lipinski definition) is 9. The SMILES string of the molecule is NC(=O)[C@@H](CS)NC(=O)[C@H](Cc1ccc([N+](=O)[O-])cc1)NC(=O)CNC(=O)[C@H](CS)NC(=O)[C@@H](N)Cc1ccc(O)cc1. The van der Waals surface area contributed by atoms with Crippen LogP contribution in [-0.4, -0.2) is 81.8 Å². The largest absolute Gasteiger partial charge is 0.508 e. The van der Waals surface area contributed by atoms with E-state index in [2.05, 4.69) is 46.5 Å². The number of rotatable bonds is 16. The number of benzene rings is 2. The van der Waals surface area contributed by atoms with Crippen molar-refractivity contribution in [1.29, 1.82) is 0 Å². The monoisotopic (exact) mass is 635 g/mol. The first kappa shape index (κ1) is 34.8. The minimum absolute atomic E-state index is 0.0587. The van der Waals surface area contributed by atoms with Crippen LogP contribution in [0.1, 0.15) is 11.1 Å². The standard InChI is InChI=1S/C26H33N7O8S2/c27-18(9-14-3-7-17(34)8-4-14)24(37)32-21(13-43)25(38)29-11-22(35)30-19(26(39)31-20(12-42)23(28)36)10-15-1-5-16(6-2-15)33(40)41/h1-8,18-21,34,42-43H,9-13,27H2,(H2,28,36)(H,29,38)(H,30,35)(H,31,39)(H,32,37)/t18-,19-,20+,21-/m0/s1. The molecule has 4 atom stereocenters. The number of aromatic hydroxyl groups is 1. The van der Waals surface area contributed by atoms with Gasteiger partial charge >= 0.3 is 0 Å². The summed E-state index contributed by atoms with van der Waals surface area (Å²) in [7, 11) is 0. The van der Waals surface area contributed by atoms with Gasteiger partial charge in [0.25, 0.3) is 5.69 Å². The molecule has 0 saturated heterocycles. The topological polar surface area (TPSA) is 249 Å². The highest BCUT2D eigenvalue weighted by molar-refractivity contribution is 7.80. The van der Waals surface area contributed by atoms with E-state index in [1.54, 1.807) is 12.1 Å². The zero-order valence-electron chi connectivity index (χ0n) is 22.8. The predicted molar refractivity (Wildman–Crippen MR) is 162 cm³/mol. The van der Waals surface area contributed by atoms with Crippen LogP contribution >= 0.6 is 25.3 Å². The van der Waals surface area contributed by atoms with E-state index in [9.17, 15) is 39.2 Å². The van der Waals surface area contributed by atoms with Crippen LogP contribution < -0.4 is 32.7 Å². The molecule has 0 aliphatic rings. The molecular weight excluding hydrogens is 602 g/mol. The molecule has 0 aliphatic carbocycles. The molecule has 0 aromatic heterocycles. The molecule has 5 amide bonds. The van der Waals surface area contributed by atoms with Gasteiger partial charge in [0.2, 0.25) is 29.5 Å². The molecule has 0 heterocycles. The van der Waals surface area contributed by atoms with Crippen LogP contribution in [0.4, 0.5) is 5.69 Å². The maximum absolute atomic E-state index is 12.9. The Labute approximate surface area is 257 Å². The minimum Gasteiger partial charge on any atom is -0.508 e. The third kappa shape index (κ3) is 11.4. The summed E-state index contributed by atoms with van der Waals surface area (Å²) in [4.78, 5) is 72.7. The summed E-state index contributed by atoms with van der Waals surface area (Å²) in [5.41, 5.74) is 12.2. The van der Waals surface area contributed by atoms with E-state index < -0.39 is 65.2 Å². The second-order valence-electron chi connectivity index (χ2n) is 9.33. The molecule has 2 aromatic rings. The van der Waals surface area contributed by atoms with E-state index in [0.29, 0.717) is 11.1 Å². The smallest absolute Gasteiger partial charge is 0.269 e. The van der Waals surface area contributed by atoms with Crippen molar-refractivity contribution in [2.75, 3.05) is 18.1 Å². The molecule has 0 radical (unpaired) electrons. The van der Waals surface area contributed by atoms with Crippen LogP contribution in [0.25, 0.3) is 0 Å². The maximum atomic E-state index is 12.9. The van der Waals surface area contributed by atoms with Gasteiger partial charge in [0.15, 0.2) is 0 Å². The Balaban J connectivity index is 2.01. The van der Waals surface area contributed by atoms with Crippen LogP contribution in [0.2, 0.25) is 0 Å². The van der Waals surface area contributed by atoms with Gasteiger partial charge in [-0.3, -0.25) is 34.1 Å². The summed E-state index contributed by atoms with van der Waals surface area (Å²) < 4.78 is 0. The van der Waals surface area contributed by atoms with Crippen LogP contribution in [0, 0.1) is 10.1 Å². The highest BCUT2D eigenvalue weighted by Gasteiger charge is 2.27. The third-order valence-corrected chi connectivity index (χ3v) is 6.78. The van der Waals surface area contributed by atoms with Gasteiger partial charge in [0.1, 0.15) is 23.9 Å². The van der Waals surface area contributed by atoms with Crippen molar-refractivity contribution in [2.45, 2.75) is 37.0 Å². The zero-order chi connectivity index (χ0) is 32.1. The van der Waals surface area contributed by atoms with Crippen molar-refractivity contribution in [1.82, 2.24) is 21.3 Å². The number of carbonyl (C=O) groups is 5. The molecule has 232 valence electrons. The molecule has 0 saturated carbocycles. The number of non-ortho nitro benzene ring substituents is 1. The quantitative estimate of drug-likeness (QED) is 0.0580. The molecule has 17 heteroatoms. The average molecular weight is 636 g/mol. The number of nitrogens with two attached hydrogens (primary N) is 2. The van der Waals surface area contributed by atoms with Gasteiger partial charge in [-0.1, -0.05) is 24.3 Å². The number of nitrogens with one attached hydrogen (secondary N) is 4. The summed E-state index contributed by atoms with van der Waals surface area (Å²) in [6, 6.07) is 6.84. The number of phenols is 1. The van der Waals surface area contributed by atoms with Gasteiger partial charge in [-0.05, 0) is 29.7 Å². The molecule has 15 nitrogen and oxygen atoms in total. The van der Waals surface area contributed by atoms with Crippen molar-refractivity contribution in [3.63, 3.8) is 0 Å². The molecule has 2 aromatic carbocycles. The second kappa shape index (κ2) is 16.9. The van der Waals surface area contributed by atoms with Crippen LogP contribution in [0.3, 0.4) is 0 Å². The summed E-state index contributed by atoms with van der Waals surface area (Å²) >= 11 is 8.06. The number of phenolic OH excluding ortho intramolecular Hbond substituents is 1. The number of hydrogen-bond acceptors (Lipinski definition) is 11. The number of thiol groups is 2. The summed E-state index contributed by atoms with van der Waals surface area (Å²) in [6.45, 7) is -0.589. The van der Waals surface area contributed by atoms with Gasteiger partial charge in [0, 0.05) is 30.1 Å². The Hall–Kier alpha value is -4.35. The van der Waals surface area contributed by atoms with Gasteiger partial charge in [-0.2, -0.15) is 25.3 Å². The number of nitrogens with zero attached hydrogens (tertiary/aromatic N) is 1. The van der Waals surface area contributed by atoms with Gasteiger partial charge in [0.05, 0.1) is 17.5 Å². The molecule has 0 aliphatic heterocycles.